The van der Waals surface area contributed by atoms with Crippen LogP contribution in [-0.4, -0.2) is 19.7 Å². The molecule has 1 heterocycles. The standard InChI is InChI=1S/C11H13NO3/c1-7(11(13)12-2)8-3-4-9-10(5-8)15-6-14-9/h3-5,7H,6H2,1-2H3,(H,12,13). The monoisotopic (exact) mass is 207 g/mol. The lowest BCUT2D eigenvalue weighted by molar-refractivity contribution is -0.121. The molecule has 0 radical (unpaired) electrons. The van der Waals surface area contributed by atoms with Crippen LogP contribution in [0.1, 0.15) is 18.4 Å². The van der Waals surface area contributed by atoms with E-state index in [0.29, 0.717) is 5.75 Å². The maximum Gasteiger partial charge on any atom is 0.231 e. The summed E-state index contributed by atoms with van der Waals surface area (Å²) in [5, 5.41) is 2.62. The molecule has 4 heteroatoms. The Morgan fingerprint density at radius 1 is 1.40 bits per heavy atom. The Labute approximate surface area is 88.2 Å². The van der Waals surface area contributed by atoms with Gasteiger partial charge >= 0.3 is 0 Å². The molecule has 0 aliphatic carbocycles. The van der Waals surface area contributed by atoms with E-state index in [1.54, 1.807) is 7.05 Å². The van der Waals surface area contributed by atoms with Gasteiger partial charge in [-0.15, -0.1) is 0 Å². The summed E-state index contributed by atoms with van der Waals surface area (Å²) in [6, 6.07) is 5.56. The molecule has 0 bridgehead atoms. The molecule has 1 aromatic carbocycles. The first-order chi connectivity index (χ1) is 7.22. The second-order valence-corrected chi connectivity index (χ2v) is 3.45. The van der Waals surface area contributed by atoms with Crippen molar-refractivity contribution in [2.45, 2.75) is 12.8 Å². The molecular formula is C11H13NO3. The molecule has 1 atom stereocenters. The lowest BCUT2D eigenvalue weighted by Crippen LogP contribution is -2.23. The third-order valence-electron chi connectivity index (χ3n) is 2.54. The average Bonchev–Trinajstić information content (AvgIpc) is 2.73. The highest BCUT2D eigenvalue weighted by Crippen LogP contribution is 2.34. The number of benzene rings is 1. The quantitative estimate of drug-likeness (QED) is 0.794. The molecule has 0 aromatic heterocycles. The van der Waals surface area contributed by atoms with E-state index in [-0.39, 0.29) is 18.6 Å². The van der Waals surface area contributed by atoms with Crippen LogP contribution < -0.4 is 14.8 Å². The van der Waals surface area contributed by atoms with Crippen molar-refractivity contribution in [3.05, 3.63) is 23.8 Å². The minimum Gasteiger partial charge on any atom is -0.454 e. The van der Waals surface area contributed by atoms with Crippen molar-refractivity contribution in [3.63, 3.8) is 0 Å². The Morgan fingerprint density at radius 3 is 2.87 bits per heavy atom. The van der Waals surface area contributed by atoms with Crippen LogP contribution in [0.15, 0.2) is 18.2 Å². The summed E-state index contributed by atoms with van der Waals surface area (Å²) in [4.78, 5) is 11.4. The van der Waals surface area contributed by atoms with E-state index in [2.05, 4.69) is 5.32 Å². The first-order valence-electron chi connectivity index (χ1n) is 4.83. The van der Waals surface area contributed by atoms with Gasteiger partial charge in [0, 0.05) is 7.05 Å². The number of ether oxygens (including phenoxy) is 2. The van der Waals surface area contributed by atoms with Crippen molar-refractivity contribution in [1.82, 2.24) is 5.32 Å². The summed E-state index contributed by atoms with van der Waals surface area (Å²) in [6.07, 6.45) is 0. The summed E-state index contributed by atoms with van der Waals surface area (Å²) >= 11 is 0. The minimum atomic E-state index is -0.176. The van der Waals surface area contributed by atoms with Crippen molar-refractivity contribution in [3.8, 4) is 11.5 Å². The van der Waals surface area contributed by atoms with Crippen LogP contribution in [0.4, 0.5) is 0 Å². The van der Waals surface area contributed by atoms with E-state index in [1.807, 2.05) is 25.1 Å². The van der Waals surface area contributed by atoms with Crippen molar-refractivity contribution >= 4 is 5.91 Å². The fourth-order valence-corrected chi connectivity index (χ4v) is 1.55. The van der Waals surface area contributed by atoms with E-state index >= 15 is 0 Å². The Kier molecular flexibility index (Phi) is 2.49. The topological polar surface area (TPSA) is 47.6 Å². The number of hydrogen-bond donors (Lipinski definition) is 1. The van der Waals surface area contributed by atoms with Crippen LogP contribution in [0.25, 0.3) is 0 Å². The van der Waals surface area contributed by atoms with Gasteiger partial charge < -0.3 is 14.8 Å². The number of nitrogens with one attached hydrogen (secondary N) is 1. The molecule has 1 aliphatic heterocycles. The molecule has 4 nitrogen and oxygen atoms in total. The number of amides is 1. The fraction of sp³-hybridized carbons (Fsp3) is 0.364. The number of rotatable bonds is 2. The molecule has 1 N–H and O–H groups in total. The van der Waals surface area contributed by atoms with Crippen LogP contribution in [0.5, 0.6) is 11.5 Å². The maximum absolute atomic E-state index is 11.4. The molecular weight excluding hydrogens is 194 g/mol. The average molecular weight is 207 g/mol. The highest BCUT2D eigenvalue weighted by Gasteiger charge is 2.18. The van der Waals surface area contributed by atoms with Crippen molar-refractivity contribution in [2.24, 2.45) is 0 Å². The molecule has 0 fully saturated rings. The van der Waals surface area contributed by atoms with E-state index in [4.69, 9.17) is 9.47 Å². The van der Waals surface area contributed by atoms with Crippen molar-refractivity contribution in [1.29, 1.82) is 0 Å². The zero-order valence-corrected chi connectivity index (χ0v) is 8.74. The molecule has 0 saturated carbocycles. The predicted octanol–water partition coefficient (Wildman–Crippen LogP) is 1.26. The van der Waals surface area contributed by atoms with E-state index in [9.17, 15) is 4.79 Å². The van der Waals surface area contributed by atoms with Gasteiger partial charge in [-0.3, -0.25) is 4.79 Å². The van der Waals surface area contributed by atoms with Gasteiger partial charge in [-0.05, 0) is 24.6 Å². The normalized spacial score (nSPS) is 14.8. The maximum atomic E-state index is 11.4. The van der Waals surface area contributed by atoms with E-state index in [0.717, 1.165) is 11.3 Å². The number of carbonyl (C=O) groups is 1. The van der Waals surface area contributed by atoms with Crippen LogP contribution in [-0.2, 0) is 4.79 Å². The van der Waals surface area contributed by atoms with Gasteiger partial charge in [0.2, 0.25) is 12.7 Å². The van der Waals surface area contributed by atoms with Crippen molar-refractivity contribution in [2.75, 3.05) is 13.8 Å². The first-order valence-corrected chi connectivity index (χ1v) is 4.83. The Hall–Kier alpha value is -1.71. The van der Waals surface area contributed by atoms with Gasteiger partial charge in [0.1, 0.15) is 0 Å². The highest BCUT2D eigenvalue weighted by molar-refractivity contribution is 5.83. The Morgan fingerprint density at radius 2 is 2.13 bits per heavy atom. The highest BCUT2D eigenvalue weighted by atomic mass is 16.7. The second kappa shape index (κ2) is 3.81. The fourth-order valence-electron chi connectivity index (χ4n) is 1.55. The number of likely N-dealkylation sites (N-methyl/N-ethyl adjacent to an activating group) is 1. The molecule has 1 aromatic rings. The molecule has 1 unspecified atom stereocenters. The second-order valence-electron chi connectivity index (χ2n) is 3.45. The van der Waals surface area contributed by atoms with E-state index < -0.39 is 0 Å². The van der Waals surface area contributed by atoms with Crippen molar-refractivity contribution < 1.29 is 14.3 Å². The molecule has 0 spiro atoms. The lowest BCUT2D eigenvalue weighted by atomic mass is 10.00. The summed E-state index contributed by atoms with van der Waals surface area (Å²) in [6.45, 7) is 2.11. The molecule has 15 heavy (non-hydrogen) atoms. The van der Waals surface area contributed by atoms with E-state index in [1.165, 1.54) is 0 Å². The summed E-state index contributed by atoms with van der Waals surface area (Å²) in [7, 11) is 1.63. The molecule has 1 aliphatic rings. The third-order valence-corrected chi connectivity index (χ3v) is 2.54. The van der Waals surface area contributed by atoms with Crippen LogP contribution in [0.2, 0.25) is 0 Å². The van der Waals surface area contributed by atoms with Gasteiger partial charge in [0.25, 0.3) is 0 Å². The van der Waals surface area contributed by atoms with Crippen LogP contribution >= 0.6 is 0 Å². The minimum absolute atomic E-state index is 0.00568. The Bertz CT molecular complexity index is 389. The zero-order valence-electron chi connectivity index (χ0n) is 8.74. The predicted molar refractivity (Wildman–Crippen MR) is 55.0 cm³/mol. The zero-order chi connectivity index (χ0) is 10.8. The van der Waals surface area contributed by atoms with Gasteiger partial charge in [-0.2, -0.15) is 0 Å². The number of fused-ring (bicyclic) bond motifs is 1. The molecule has 0 saturated heterocycles. The Balaban J connectivity index is 2.26. The SMILES string of the molecule is CNC(=O)C(C)c1ccc2c(c1)OCO2. The lowest BCUT2D eigenvalue weighted by Gasteiger charge is -2.10. The van der Waals surface area contributed by atoms with Gasteiger partial charge in [-0.25, -0.2) is 0 Å². The summed E-state index contributed by atoms with van der Waals surface area (Å²) in [5.41, 5.74) is 0.929. The van der Waals surface area contributed by atoms with Crippen LogP contribution in [0, 0.1) is 0 Å². The van der Waals surface area contributed by atoms with Crippen LogP contribution in [0.3, 0.4) is 0 Å². The number of hydrogen-bond acceptors (Lipinski definition) is 3. The summed E-state index contributed by atoms with van der Waals surface area (Å²) in [5.74, 6) is 1.27. The smallest absolute Gasteiger partial charge is 0.231 e. The molecule has 80 valence electrons. The van der Waals surface area contributed by atoms with Gasteiger partial charge in [0.05, 0.1) is 5.92 Å². The molecule has 1 amide bonds. The first kappa shape index (κ1) is 9.83. The summed E-state index contributed by atoms with van der Waals surface area (Å²) < 4.78 is 10.4. The third kappa shape index (κ3) is 1.75. The van der Waals surface area contributed by atoms with Gasteiger partial charge in [-0.1, -0.05) is 6.07 Å². The van der Waals surface area contributed by atoms with Gasteiger partial charge in [0.15, 0.2) is 11.5 Å². The largest absolute Gasteiger partial charge is 0.454 e. The number of carbonyl (C=O) groups excluding carboxylic acids is 1. The molecule has 2 rings (SSSR count).